The van der Waals surface area contributed by atoms with Crippen LogP contribution < -0.4 is 5.32 Å². The molecule has 0 saturated carbocycles. The molecule has 1 aromatic rings. The van der Waals surface area contributed by atoms with E-state index in [-0.39, 0.29) is 11.9 Å². The molecule has 6 heteroatoms. The molecular weight excluding hydrogens is 233 g/mol. The Hall–Kier alpha value is -1.30. The second-order valence-corrected chi connectivity index (χ2v) is 3.60. The van der Waals surface area contributed by atoms with Crippen molar-refractivity contribution in [1.82, 2.24) is 4.98 Å². The summed E-state index contributed by atoms with van der Waals surface area (Å²) in [5.74, 6) is -0.160. The van der Waals surface area contributed by atoms with Crippen molar-refractivity contribution in [2.75, 3.05) is 18.5 Å². The highest BCUT2D eigenvalue weighted by atomic mass is 19.4. The SMILES string of the molecule is CCOCC(C)Nc1ncccc1C(F)(F)F. The predicted octanol–water partition coefficient (Wildman–Crippen LogP) is 2.94. The Morgan fingerprint density at radius 2 is 2.18 bits per heavy atom. The molecule has 1 N–H and O–H groups in total. The monoisotopic (exact) mass is 248 g/mol. The van der Waals surface area contributed by atoms with Crippen LogP contribution in [0, 0.1) is 0 Å². The maximum absolute atomic E-state index is 12.6. The number of alkyl halides is 3. The van der Waals surface area contributed by atoms with E-state index in [1.807, 2.05) is 6.92 Å². The summed E-state index contributed by atoms with van der Waals surface area (Å²) in [6, 6.07) is 2.04. The summed E-state index contributed by atoms with van der Waals surface area (Å²) in [5, 5.41) is 2.70. The van der Waals surface area contributed by atoms with Crippen molar-refractivity contribution in [2.24, 2.45) is 0 Å². The average Bonchev–Trinajstić information content (AvgIpc) is 2.25. The van der Waals surface area contributed by atoms with E-state index in [0.29, 0.717) is 13.2 Å². The topological polar surface area (TPSA) is 34.1 Å². The molecule has 0 spiro atoms. The smallest absolute Gasteiger partial charge is 0.380 e. The van der Waals surface area contributed by atoms with Gasteiger partial charge in [0.15, 0.2) is 0 Å². The largest absolute Gasteiger partial charge is 0.419 e. The summed E-state index contributed by atoms with van der Waals surface area (Å²) in [4.78, 5) is 3.71. The van der Waals surface area contributed by atoms with Gasteiger partial charge in [0, 0.05) is 18.8 Å². The zero-order valence-electron chi connectivity index (χ0n) is 9.71. The lowest BCUT2D eigenvalue weighted by Gasteiger charge is -2.17. The third-order valence-corrected chi connectivity index (χ3v) is 2.07. The predicted molar refractivity (Wildman–Crippen MR) is 58.8 cm³/mol. The molecule has 0 saturated heterocycles. The van der Waals surface area contributed by atoms with Crippen LogP contribution in [0.1, 0.15) is 19.4 Å². The molecule has 1 rings (SSSR count). The van der Waals surface area contributed by atoms with Crippen LogP contribution in [0.25, 0.3) is 0 Å². The molecule has 17 heavy (non-hydrogen) atoms. The van der Waals surface area contributed by atoms with Gasteiger partial charge in [-0.05, 0) is 26.0 Å². The van der Waals surface area contributed by atoms with Crippen LogP contribution in [0.15, 0.2) is 18.3 Å². The molecule has 1 unspecified atom stereocenters. The molecule has 0 bridgehead atoms. The van der Waals surface area contributed by atoms with Gasteiger partial charge in [-0.15, -0.1) is 0 Å². The van der Waals surface area contributed by atoms with Gasteiger partial charge in [-0.25, -0.2) is 4.98 Å². The molecular formula is C11H15F3N2O. The third-order valence-electron chi connectivity index (χ3n) is 2.07. The quantitative estimate of drug-likeness (QED) is 0.869. The number of ether oxygens (including phenoxy) is 1. The van der Waals surface area contributed by atoms with Crippen molar-refractivity contribution in [1.29, 1.82) is 0 Å². The lowest BCUT2D eigenvalue weighted by Crippen LogP contribution is -2.24. The molecule has 0 fully saturated rings. The number of pyridine rings is 1. The lowest BCUT2D eigenvalue weighted by molar-refractivity contribution is -0.137. The fraction of sp³-hybridized carbons (Fsp3) is 0.545. The molecule has 96 valence electrons. The first-order chi connectivity index (χ1) is 7.95. The number of rotatable bonds is 5. The number of hydrogen-bond acceptors (Lipinski definition) is 3. The molecule has 1 atom stereocenters. The Morgan fingerprint density at radius 1 is 1.47 bits per heavy atom. The molecule has 0 aliphatic rings. The number of hydrogen-bond donors (Lipinski definition) is 1. The normalized spacial score (nSPS) is 13.5. The van der Waals surface area contributed by atoms with Gasteiger partial charge in [-0.1, -0.05) is 0 Å². The second kappa shape index (κ2) is 5.86. The van der Waals surface area contributed by atoms with Crippen LogP contribution >= 0.6 is 0 Å². The summed E-state index contributed by atoms with van der Waals surface area (Å²) in [5.41, 5.74) is -0.761. The van der Waals surface area contributed by atoms with Gasteiger partial charge >= 0.3 is 6.18 Å². The fourth-order valence-corrected chi connectivity index (χ4v) is 1.32. The molecule has 0 aliphatic carbocycles. The van der Waals surface area contributed by atoms with Crippen LogP contribution in [0.3, 0.4) is 0 Å². The molecule has 3 nitrogen and oxygen atoms in total. The minimum atomic E-state index is -4.40. The highest BCUT2D eigenvalue weighted by molar-refractivity contribution is 5.46. The minimum absolute atomic E-state index is 0.160. The van der Waals surface area contributed by atoms with E-state index in [1.54, 1.807) is 6.92 Å². The molecule has 0 radical (unpaired) electrons. The lowest BCUT2D eigenvalue weighted by atomic mass is 10.2. The highest BCUT2D eigenvalue weighted by Crippen LogP contribution is 2.33. The summed E-state index contributed by atoms with van der Waals surface area (Å²) < 4.78 is 43.0. The molecule has 1 heterocycles. The van der Waals surface area contributed by atoms with Crippen LogP contribution in [0.5, 0.6) is 0 Å². The van der Waals surface area contributed by atoms with E-state index < -0.39 is 11.7 Å². The van der Waals surface area contributed by atoms with E-state index in [2.05, 4.69) is 10.3 Å². The maximum atomic E-state index is 12.6. The maximum Gasteiger partial charge on any atom is 0.419 e. The van der Waals surface area contributed by atoms with Crippen LogP contribution in [0.2, 0.25) is 0 Å². The van der Waals surface area contributed by atoms with Crippen molar-refractivity contribution < 1.29 is 17.9 Å². The first kappa shape index (κ1) is 13.8. The van der Waals surface area contributed by atoms with E-state index >= 15 is 0 Å². The van der Waals surface area contributed by atoms with Crippen LogP contribution in [-0.4, -0.2) is 24.2 Å². The van der Waals surface area contributed by atoms with Crippen molar-refractivity contribution in [3.05, 3.63) is 23.9 Å². The van der Waals surface area contributed by atoms with Crippen LogP contribution in [0.4, 0.5) is 19.0 Å². The first-order valence-corrected chi connectivity index (χ1v) is 5.31. The Bertz CT molecular complexity index is 355. The zero-order chi connectivity index (χ0) is 12.9. The van der Waals surface area contributed by atoms with Gasteiger partial charge in [-0.3, -0.25) is 0 Å². The van der Waals surface area contributed by atoms with Crippen molar-refractivity contribution >= 4 is 5.82 Å². The average molecular weight is 248 g/mol. The van der Waals surface area contributed by atoms with Gasteiger partial charge in [0.1, 0.15) is 5.82 Å². The standard InChI is InChI=1S/C11H15F3N2O/c1-3-17-7-8(2)16-10-9(11(12,13)14)5-4-6-15-10/h4-6,8H,3,7H2,1-2H3,(H,15,16). The summed E-state index contributed by atoms with van der Waals surface area (Å²) in [6.07, 6.45) is -3.08. The van der Waals surface area contributed by atoms with Gasteiger partial charge in [0.25, 0.3) is 0 Å². The van der Waals surface area contributed by atoms with Crippen LogP contribution in [-0.2, 0) is 10.9 Å². The summed E-state index contributed by atoms with van der Waals surface area (Å²) >= 11 is 0. The molecule has 1 aromatic heterocycles. The zero-order valence-corrected chi connectivity index (χ0v) is 9.71. The number of anilines is 1. The summed E-state index contributed by atoms with van der Waals surface area (Å²) in [6.45, 7) is 4.43. The molecule has 0 amide bonds. The highest BCUT2D eigenvalue weighted by Gasteiger charge is 2.34. The van der Waals surface area contributed by atoms with E-state index in [4.69, 9.17) is 4.74 Å². The Labute approximate surface area is 98.0 Å². The molecule has 0 aliphatic heterocycles. The third kappa shape index (κ3) is 4.22. The summed E-state index contributed by atoms with van der Waals surface area (Å²) in [7, 11) is 0. The van der Waals surface area contributed by atoms with E-state index in [0.717, 1.165) is 6.07 Å². The fourth-order valence-electron chi connectivity index (χ4n) is 1.32. The molecule has 0 aromatic carbocycles. The Morgan fingerprint density at radius 3 is 2.76 bits per heavy atom. The van der Waals surface area contributed by atoms with Crippen molar-refractivity contribution in [3.63, 3.8) is 0 Å². The Balaban J connectivity index is 2.77. The van der Waals surface area contributed by atoms with Gasteiger partial charge in [0.05, 0.1) is 12.2 Å². The Kier molecular flexibility index (Phi) is 4.74. The van der Waals surface area contributed by atoms with Crippen molar-refractivity contribution in [2.45, 2.75) is 26.1 Å². The number of aromatic nitrogens is 1. The number of nitrogens with one attached hydrogen (secondary N) is 1. The van der Waals surface area contributed by atoms with Gasteiger partial charge in [-0.2, -0.15) is 13.2 Å². The first-order valence-electron chi connectivity index (χ1n) is 5.31. The number of nitrogens with zero attached hydrogens (tertiary/aromatic N) is 1. The van der Waals surface area contributed by atoms with E-state index in [9.17, 15) is 13.2 Å². The second-order valence-electron chi connectivity index (χ2n) is 3.60. The number of halogens is 3. The minimum Gasteiger partial charge on any atom is -0.380 e. The van der Waals surface area contributed by atoms with Gasteiger partial charge in [0.2, 0.25) is 0 Å². The van der Waals surface area contributed by atoms with Gasteiger partial charge < -0.3 is 10.1 Å². The van der Waals surface area contributed by atoms with E-state index in [1.165, 1.54) is 12.3 Å². The van der Waals surface area contributed by atoms with Crippen molar-refractivity contribution in [3.8, 4) is 0 Å².